The molecule has 0 aromatic rings. The monoisotopic (exact) mass is 1290 g/mol. The van der Waals surface area contributed by atoms with E-state index >= 15 is 0 Å². The molecule has 0 unspecified atom stereocenters. The van der Waals surface area contributed by atoms with E-state index in [1.165, 1.54) is 0 Å². The first-order valence-electron chi connectivity index (χ1n) is 27.3. The van der Waals surface area contributed by atoms with E-state index in [-0.39, 0.29) is 0 Å². The molecule has 0 aromatic carbocycles. The Balaban J connectivity index is 1.43. The van der Waals surface area contributed by atoms with E-state index in [0.717, 1.165) is 20.8 Å². The number of nitrogens with one attached hydrogen (secondary N) is 1. The van der Waals surface area contributed by atoms with Gasteiger partial charge in [-0.25, -0.2) is 9.59 Å². The van der Waals surface area contributed by atoms with Gasteiger partial charge in [-0.3, -0.25) is 14.8 Å². The van der Waals surface area contributed by atoms with Crippen LogP contribution in [-0.4, -0.2) is 372 Å². The van der Waals surface area contributed by atoms with Crippen LogP contribution in [0.1, 0.15) is 33.6 Å². The minimum absolute atomic E-state index is 0.850. The van der Waals surface area contributed by atoms with Crippen molar-refractivity contribution >= 4 is 29.6 Å². The van der Waals surface area contributed by atoms with Crippen LogP contribution in [0.15, 0.2) is 9.98 Å². The van der Waals surface area contributed by atoms with Crippen molar-refractivity contribution < 1.29 is 184 Å². The summed E-state index contributed by atoms with van der Waals surface area (Å²) >= 11 is 0. The van der Waals surface area contributed by atoms with E-state index in [9.17, 15) is 132 Å². The Morgan fingerprint density at radius 1 is 0.534 bits per heavy atom. The molecule has 6 aliphatic heterocycles. The van der Waals surface area contributed by atoms with Crippen molar-refractivity contribution in [1.82, 2.24) is 5.32 Å². The first kappa shape index (κ1) is 73.2. The summed E-state index contributed by atoms with van der Waals surface area (Å²) in [6.45, 7) is -4.60. The van der Waals surface area contributed by atoms with Crippen LogP contribution in [0, 0.1) is 0 Å². The Bertz CT molecular complexity index is 2340. The highest BCUT2D eigenvalue weighted by molar-refractivity contribution is 5.77. The molecule has 0 aliphatic carbocycles. The lowest BCUT2D eigenvalue weighted by Crippen LogP contribution is -2.71. The van der Waals surface area contributed by atoms with Crippen LogP contribution in [0.25, 0.3) is 0 Å². The van der Waals surface area contributed by atoms with Crippen molar-refractivity contribution in [1.29, 1.82) is 0 Å². The van der Waals surface area contributed by atoms with Crippen LogP contribution >= 0.6 is 0 Å². The topological polar surface area (TPSA) is 660 Å². The van der Waals surface area contributed by atoms with Crippen molar-refractivity contribution in [2.75, 3.05) is 39.6 Å². The third kappa shape index (κ3) is 15.8. The van der Waals surface area contributed by atoms with Crippen LogP contribution in [0.3, 0.4) is 0 Å². The SMILES string of the molecule is CC(=O)N[C@H]1[C@H](O[C@H]2[C@@H](O)[C@@H](CO)O[C@@H](O[C@H]3[C@H](O)[C@@H](O)[C@@H](O)O[C@@H]3CO)[C@@H]2O)O[C@H](CO[C@@]2(C(=O)O)C[C@H](O)[C@@H](N=C(C)[O-])[C@H]([C@H](O)[C@H](O)CO)O2)[C@@H](O)[C@@H]1O[C@@H]1O[C@H](CO)[C@H](O)[C@H](O[C@@]2(C(=O)O)C[C@H](O)[C@@H](N=C(C)[O-])[C@H]([C@H](O)[C@H](O)CO)O2)[C@H]1O. The van der Waals surface area contributed by atoms with Gasteiger partial charge in [-0.15, -0.1) is 0 Å². The molecule has 508 valence electrons. The van der Waals surface area contributed by atoms with Crippen LogP contribution in [0.5, 0.6) is 0 Å². The van der Waals surface area contributed by atoms with Crippen molar-refractivity contribution in [3.63, 3.8) is 0 Å². The molecule has 6 heterocycles. The molecule has 40 heteroatoms. The van der Waals surface area contributed by atoms with E-state index in [1.807, 2.05) is 0 Å². The van der Waals surface area contributed by atoms with Gasteiger partial charge in [-0.05, 0) is 25.6 Å². The highest BCUT2D eigenvalue weighted by Crippen LogP contribution is 2.42. The second kappa shape index (κ2) is 30.7. The summed E-state index contributed by atoms with van der Waals surface area (Å²) in [6.07, 6.45) is -62.7. The number of nitrogens with zero attached hydrogens (tertiary/aromatic N) is 2. The Kier molecular flexibility index (Phi) is 25.6. The molecule has 32 atom stereocenters. The van der Waals surface area contributed by atoms with Gasteiger partial charge in [0.2, 0.25) is 5.91 Å². The molecule has 22 N–H and O–H groups in total. The predicted molar refractivity (Wildman–Crippen MR) is 267 cm³/mol. The molecular formula is C48H77N3O37-2. The molecule has 40 nitrogen and oxygen atoms in total. The molecule has 6 fully saturated rings. The summed E-state index contributed by atoms with van der Waals surface area (Å²) in [5, 5.41) is 254. The fourth-order valence-corrected chi connectivity index (χ4v) is 10.9. The number of carbonyl (C=O) groups excluding carboxylic acids is 1. The van der Waals surface area contributed by atoms with E-state index < -0.39 is 277 Å². The lowest BCUT2D eigenvalue weighted by molar-refractivity contribution is -0.391. The van der Waals surface area contributed by atoms with Crippen molar-refractivity contribution in [3.05, 3.63) is 0 Å². The van der Waals surface area contributed by atoms with E-state index in [1.54, 1.807) is 0 Å². The summed E-state index contributed by atoms with van der Waals surface area (Å²) in [5.41, 5.74) is 0. The molecule has 0 saturated carbocycles. The number of carboxylic acid groups (broad SMARTS) is 2. The fourth-order valence-electron chi connectivity index (χ4n) is 10.9. The summed E-state index contributed by atoms with van der Waals surface area (Å²) in [6, 6.07) is -5.89. The molecule has 6 aliphatic rings. The van der Waals surface area contributed by atoms with Gasteiger partial charge in [0.1, 0.15) is 146 Å². The minimum atomic E-state index is -3.36. The average molecular weight is 1290 g/mol. The van der Waals surface area contributed by atoms with Gasteiger partial charge in [-0.2, -0.15) is 0 Å². The Morgan fingerprint density at radius 2 is 0.955 bits per heavy atom. The van der Waals surface area contributed by atoms with Gasteiger partial charge in [0.25, 0.3) is 11.6 Å². The number of aliphatic imine (C=N–C) groups is 2. The van der Waals surface area contributed by atoms with Gasteiger partial charge in [-0.1, -0.05) is 0 Å². The number of rotatable bonds is 25. The van der Waals surface area contributed by atoms with Gasteiger partial charge in [0, 0.05) is 19.8 Å². The van der Waals surface area contributed by atoms with Crippen molar-refractivity contribution in [2.45, 2.75) is 229 Å². The lowest BCUT2D eigenvalue weighted by atomic mass is 9.88. The van der Waals surface area contributed by atoms with Crippen LogP contribution in [-0.2, 0) is 66.5 Å². The summed E-state index contributed by atoms with van der Waals surface area (Å²) in [4.78, 5) is 46.9. The van der Waals surface area contributed by atoms with Crippen molar-refractivity contribution in [2.24, 2.45) is 9.98 Å². The van der Waals surface area contributed by atoms with Crippen LogP contribution in [0.4, 0.5) is 0 Å². The smallest absolute Gasteiger partial charge is 0.364 e. The molecule has 0 bridgehead atoms. The van der Waals surface area contributed by atoms with Gasteiger partial charge in [0.05, 0.1) is 51.8 Å². The summed E-state index contributed by atoms with van der Waals surface area (Å²) in [7, 11) is 0. The summed E-state index contributed by atoms with van der Waals surface area (Å²) in [5.74, 6) is -14.0. The predicted octanol–water partition coefficient (Wildman–Crippen LogP) is -16.0. The summed E-state index contributed by atoms with van der Waals surface area (Å²) < 4.78 is 63.0. The zero-order valence-electron chi connectivity index (χ0n) is 46.8. The number of amides is 1. The first-order chi connectivity index (χ1) is 41.2. The number of hydrogen-bond acceptors (Lipinski definition) is 37. The highest BCUT2D eigenvalue weighted by atomic mass is 16.8. The highest BCUT2D eigenvalue weighted by Gasteiger charge is 2.62. The van der Waals surface area contributed by atoms with E-state index in [0.29, 0.717) is 0 Å². The molecule has 88 heavy (non-hydrogen) atoms. The third-order valence-electron chi connectivity index (χ3n) is 15.4. The van der Waals surface area contributed by atoms with Crippen LogP contribution in [0.2, 0.25) is 0 Å². The number of ether oxygens (including phenoxy) is 11. The third-order valence-corrected chi connectivity index (χ3v) is 15.4. The van der Waals surface area contributed by atoms with Gasteiger partial charge < -0.3 is 175 Å². The fraction of sp³-hybridized carbons (Fsp3) is 0.896. The quantitative estimate of drug-likeness (QED) is 0.0298. The number of aliphatic hydroxyl groups is 19. The Hall–Kier alpha value is -3.85. The zero-order valence-corrected chi connectivity index (χ0v) is 46.8. The number of carboxylic acids is 2. The van der Waals surface area contributed by atoms with Gasteiger partial charge in [0.15, 0.2) is 25.2 Å². The molecule has 0 spiro atoms. The average Bonchev–Trinajstić information content (AvgIpc) is 0.809. The van der Waals surface area contributed by atoms with Gasteiger partial charge >= 0.3 is 11.9 Å². The standard InChI is InChI=1S/C48H79N3O37/c1-12(57)49-23-15(60)4-47(45(74)75,86-37(23)26(64)17(62)6-52)78-11-22-30(68)36(25(51-14(3)59)42(82-22)85-39-28(66)19(8-54)80-43(33(39)71)83-35-21(10-56)79-41(73)32(70)31(35)69)84-44-34(72)40(29(67)20(9-55)81-44)88-48(46(76)77)5-16(61)24(50-13(2)58)38(87-48)27(65)18(63)7-53/h15-44,52-56,60-73H,4-11H2,1-3H3,(H,49,57)(H,50,58)(H,51,59)(H,74,75)(H,76,77)/p-2/t15-,16-,17+,18+,19+,20+,21+,22+,23+,24+,25+,26+,27+,28-,29-,30+,31+,32+,33+,34+,35+,36+,37+,38+,39-,40-,41-,42-,43-,44-,47-,48+/m0/s1. The van der Waals surface area contributed by atoms with Crippen molar-refractivity contribution in [3.8, 4) is 0 Å². The zero-order chi connectivity index (χ0) is 65.8. The molecule has 0 aromatic heterocycles. The largest absolute Gasteiger partial charge is 0.862 e. The van der Waals surface area contributed by atoms with E-state index in [4.69, 9.17) is 52.1 Å². The number of carbonyl (C=O) groups is 3. The first-order valence-corrected chi connectivity index (χ1v) is 27.3. The molecular weight excluding hydrogens is 1210 g/mol. The minimum Gasteiger partial charge on any atom is -0.862 e. The second-order valence-corrected chi connectivity index (χ2v) is 21.7. The Labute approximate surface area is 496 Å². The molecule has 0 radical (unpaired) electrons. The lowest BCUT2D eigenvalue weighted by Gasteiger charge is -2.51. The maximum absolute atomic E-state index is 13.2. The van der Waals surface area contributed by atoms with Crippen LogP contribution < -0.4 is 15.5 Å². The normalized spacial score (nSPS) is 45.2. The number of hydrogen-bond donors (Lipinski definition) is 22. The maximum Gasteiger partial charge on any atom is 0.364 e. The Morgan fingerprint density at radius 3 is 1.41 bits per heavy atom. The maximum atomic E-state index is 13.2. The number of aliphatic carboxylic acids is 2. The molecule has 6 rings (SSSR count). The molecule has 1 amide bonds. The molecule has 6 saturated heterocycles. The second-order valence-electron chi connectivity index (χ2n) is 21.7. The number of aliphatic hydroxyl groups excluding tert-OH is 19. The van der Waals surface area contributed by atoms with E-state index in [2.05, 4.69) is 15.3 Å².